The van der Waals surface area contributed by atoms with Gasteiger partial charge in [0.15, 0.2) is 5.67 Å². The van der Waals surface area contributed by atoms with Crippen molar-refractivity contribution < 1.29 is 39.5 Å². The lowest BCUT2D eigenvalue weighted by molar-refractivity contribution is -0.458. The standard InChI is InChI=1S/C9H9F9/c1-4(2)5(3,10)7(13,14)9(17,18)8(15,16)6(4,11)12/h1-3H3. The minimum Gasteiger partial charge on any atom is -0.236 e. The molecule has 108 valence electrons. The van der Waals surface area contributed by atoms with Crippen LogP contribution in [0.25, 0.3) is 0 Å². The van der Waals surface area contributed by atoms with Crippen molar-refractivity contribution in [3.63, 3.8) is 0 Å². The molecule has 0 spiro atoms. The fourth-order valence-corrected chi connectivity index (χ4v) is 1.77. The Hall–Kier alpha value is -0.630. The Bertz CT molecular complexity index is 249. The van der Waals surface area contributed by atoms with Gasteiger partial charge in [-0.2, -0.15) is 35.1 Å². The molecule has 18 heavy (non-hydrogen) atoms. The summed E-state index contributed by atoms with van der Waals surface area (Å²) in [6, 6.07) is 0. The molecule has 1 unspecified atom stereocenters. The predicted molar refractivity (Wildman–Crippen MR) is 43.1 cm³/mol. The first-order valence-electron chi connectivity index (χ1n) is 4.70. The summed E-state index contributed by atoms with van der Waals surface area (Å²) in [4.78, 5) is 0. The number of hydrogen-bond donors (Lipinski definition) is 0. The maximum atomic E-state index is 13.7. The van der Waals surface area contributed by atoms with Gasteiger partial charge in [-0.05, 0) is 6.92 Å². The van der Waals surface area contributed by atoms with E-state index < -0.39 is 34.8 Å². The third kappa shape index (κ3) is 1.11. The van der Waals surface area contributed by atoms with Crippen LogP contribution < -0.4 is 0 Å². The van der Waals surface area contributed by atoms with E-state index in [0.29, 0.717) is 0 Å². The predicted octanol–water partition coefficient (Wildman–Crippen LogP) is 4.30. The topological polar surface area (TPSA) is 0 Å². The summed E-state index contributed by atoms with van der Waals surface area (Å²) < 4.78 is 118. The zero-order valence-electron chi connectivity index (χ0n) is 9.40. The highest BCUT2D eigenvalue weighted by Gasteiger charge is 2.95. The van der Waals surface area contributed by atoms with Crippen molar-refractivity contribution >= 4 is 0 Å². The molecular weight excluding hydrogens is 279 g/mol. The second kappa shape index (κ2) is 3.09. The van der Waals surface area contributed by atoms with Crippen LogP contribution in [0.15, 0.2) is 0 Å². The Morgan fingerprint density at radius 1 is 0.444 bits per heavy atom. The van der Waals surface area contributed by atoms with Gasteiger partial charge in [-0.25, -0.2) is 4.39 Å². The van der Waals surface area contributed by atoms with Crippen molar-refractivity contribution in [2.24, 2.45) is 5.41 Å². The van der Waals surface area contributed by atoms with Gasteiger partial charge >= 0.3 is 23.7 Å². The Labute approximate surface area is 96.1 Å². The monoisotopic (exact) mass is 288 g/mol. The molecule has 0 aromatic carbocycles. The van der Waals surface area contributed by atoms with Crippen LogP contribution in [0.2, 0.25) is 0 Å². The Morgan fingerprint density at radius 3 is 1.06 bits per heavy atom. The van der Waals surface area contributed by atoms with Gasteiger partial charge in [-0.3, -0.25) is 0 Å². The molecule has 1 fully saturated rings. The quantitative estimate of drug-likeness (QED) is 0.583. The molecular formula is C9H9F9. The lowest BCUT2D eigenvalue weighted by Gasteiger charge is -2.56. The molecule has 0 heterocycles. The van der Waals surface area contributed by atoms with Gasteiger partial charge in [-0.1, -0.05) is 13.8 Å². The fourth-order valence-electron chi connectivity index (χ4n) is 1.77. The zero-order chi connectivity index (χ0) is 15.0. The molecule has 0 amide bonds. The van der Waals surface area contributed by atoms with Crippen LogP contribution in [0, 0.1) is 5.41 Å². The van der Waals surface area contributed by atoms with Crippen LogP contribution in [0.4, 0.5) is 39.5 Å². The molecule has 0 N–H and O–H groups in total. The highest BCUT2D eigenvalue weighted by molar-refractivity contribution is 5.24. The molecule has 1 saturated carbocycles. The third-order valence-electron chi connectivity index (χ3n) is 3.73. The lowest BCUT2D eigenvalue weighted by Crippen LogP contribution is -2.81. The van der Waals surface area contributed by atoms with Gasteiger partial charge in [0.05, 0.1) is 5.41 Å². The van der Waals surface area contributed by atoms with E-state index in [9.17, 15) is 39.5 Å². The van der Waals surface area contributed by atoms with E-state index in [1.54, 1.807) is 0 Å². The van der Waals surface area contributed by atoms with Crippen molar-refractivity contribution in [1.29, 1.82) is 0 Å². The average Bonchev–Trinajstić information content (AvgIpc) is 2.14. The van der Waals surface area contributed by atoms with E-state index in [1.165, 1.54) is 0 Å². The van der Waals surface area contributed by atoms with Gasteiger partial charge in [0.2, 0.25) is 0 Å². The van der Waals surface area contributed by atoms with E-state index in [-0.39, 0.29) is 20.8 Å². The molecule has 0 aliphatic heterocycles. The molecule has 9 heteroatoms. The highest BCUT2D eigenvalue weighted by Crippen LogP contribution is 2.70. The van der Waals surface area contributed by atoms with E-state index in [4.69, 9.17) is 0 Å². The number of halogens is 9. The summed E-state index contributed by atoms with van der Waals surface area (Å²) in [5, 5.41) is 0. The van der Waals surface area contributed by atoms with Crippen LogP contribution in [0.1, 0.15) is 20.8 Å². The van der Waals surface area contributed by atoms with Crippen molar-refractivity contribution in [2.45, 2.75) is 50.1 Å². The molecule has 0 radical (unpaired) electrons. The van der Waals surface area contributed by atoms with Crippen LogP contribution in [0.3, 0.4) is 0 Å². The van der Waals surface area contributed by atoms with Gasteiger partial charge in [0.1, 0.15) is 0 Å². The van der Waals surface area contributed by atoms with E-state index in [1.807, 2.05) is 0 Å². The van der Waals surface area contributed by atoms with Crippen molar-refractivity contribution in [1.82, 2.24) is 0 Å². The summed E-state index contributed by atoms with van der Waals surface area (Å²) >= 11 is 0. The summed E-state index contributed by atoms with van der Waals surface area (Å²) in [6.45, 7) is -0.113. The maximum Gasteiger partial charge on any atom is 0.381 e. The van der Waals surface area contributed by atoms with Crippen molar-refractivity contribution in [3.05, 3.63) is 0 Å². The first kappa shape index (κ1) is 15.4. The molecule has 0 aromatic heterocycles. The first-order valence-corrected chi connectivity index (χ1v) is 4.70. The molecule has 0 saturated heterocycles. The lowest BCUT2D eigenvalue weighted by atomic mass is 9.60. The Kier molecular flexibility index (Phi) is 2.65. The summed E-state index contributed by atoms with van der Waals surface area (Å²) in [7, 11) is 0. The Morgan fingerprint density at radius 2 is 0.722 bits per heavy atom. The van der Waals surface area contributed by atoms with Crippen LogP contribution in [-0.4, -0.2) is 29.4 Å². The van der Waals surface area contributed by atoms with E-state index >= 15 is 0 Å². The van der Waals surface area contributed by atoms with Crippen molar-refractivity contribution in [2.75, 3.05) is 0 Å². The smallest absolute Gasteiger partial charge is 0.236 e. The van der Waals surface area contributed by atoms with Gasteiger partial charge in [0, 0.05) is 0 Å². The SMILES string of the molecule is CC1(C)C(C)(F)C(F)(F)C(F)(F)C(F)(F)C1(F)F. The normalized spacial score (nSPS) is 39.3. The van der Waals surface area contributed by atoms with Gasteiger partial charge in [0.25, 0.3) is 0 Å². The number of alkyl halides is 9. The summed E-state index contributed by atoms with van der Waals surface area (Å²) in [5.74, 6) is -24.4. The van der Waals surface area contributed by atoms with E-state index in [2.05, 4.69) is 0 Å². The zero-order valence-corrected chi connectivity index (χ0v) is 9.40. The van der Waals surface area contributed by atoms with Gasteiger partial charge < -0.3 is 0 Å². The second-order valence-electron chi connectivity index (χ2n) is 4.93. The van der Waals surface area contributed by atoms with Crippen LogP contribution in [-0.2, 0) is 0 Å². The second-order valence-corrected chi connectivity index (χ2v) is 4.93. The highest BCUT2D eigenvalue weighted by atomic mass is 19.4. The number of rotatable bonds is 0. The van der Waals surface area contributed by atoms with E-state index in [0.717, 1.165) is 0 Å². The molecule has 1 aliphatic carbocycles. The average molecular weight is 288 g/mol. The minimum absolute atomic E-state index is 0.0596. The molecule has 0 aromatic rings. The number of hydrogen-bond acceptors (Lipinski definition) is 0. The summed E-state index contributed by atoms with van der Waals surface area (Å²) in [6.07, 6.45) is 0. The molecule has 0 nitrogen and oxygen atoms in total. The molecule has 1 rings (SSSR count). The molecule has 1 aliphatic rings. The third-order valence-corrected chi connectivity index (χ3v) is 3.73. The largest absolute Gasteiger partial charge is 0.381 e. The van der Waals surface area contributed by atoms with Crippen LogP contribution >= 0.6 is 0 Å². The first-order chi connectivity index (χ1) is 7.50. The molecule has 0 bridgehead atoms. The van der Waals surface area contributed by atoms with Gasteiger partial charge in [-0.15, -0.1) is 0 Å². The van der Waals surface area contributed by atoms with Crippen LogP contribution in [0.5, 0.6) is 0 Å². The fraction of sp³-hybridized carbons (Fsp3) is 1.00. The van der Waals surface area contributed by atoms with Crippen molar-refractivity contribution in [3.8, 4) is 0 Å². The molecule has 1 atom stereocenters. The summed E-state index contributed by atoms with van der Waals surface area (Å²) in [5.41, 5.74) is -8.20. The minimum atomic E-state index is -6.50. The Balaban J connectivity index is 3.72. The maximum absolute atomic E-state index is 13.7.